The first-order valence-corrected chi connectivity index (χ1v) is 5.60. The summed E-state index contributed by atoms with van der Waals surface area (Å²) < 4.78 is 27.1. The van der Waals surface area contributed by atoms with E-state index in [-0.39, 0.29) is 6.42 Å². The molecule has 0 aromatic carbocycles. The summed E-state index contributed by atoms with van der Waals surface area (Å²) in [6.45, 7) is 0. The SMILES string of the molecule is NC(=O)c1c(F)ccn1NC(=O)[C@H]1CC[C@@H](F)C1. The van der Waals surface area contributed by atoms with Gasteiger partial charge in [0.1, 0.15) is 6.17 Å². The van der Waals surface area contributed by atoms with Crippen LogP contribution in [0.4, 0.5) is 8.78 Å². The Balaban J connectivity index is 2.10. The molecule has 5 nitrogen and oxygen atoms in total. The van der Waals surface area contributed by atoms with E-state index in [9.17, 15) is 18.4 Å². The summed E-state index contributed by atoms with van der Waals surface area (Å²) in [5.74, 6) is -2.68. The van der Waals surface area contributed by atoms with Crippen LogP contribution in [0.15, 0.2) is 12.3 Å². The number of nitrogens with zero attached hydrogens (tertiary/aromatic N) is 1. The Kier molecular flexibility index (Phi) is 3.31. The van der Waals surface area contributed by atoms with Crippen molar-refractivity contribution >= 4 is 11.8 Å². The number of nitrogens with one attached hydrogen (secondary N) is 1. The van der Waals surface area contributed by atoms with E-state index in [1.807, 2.05) is 0 Å². The van der Waals surface area contributed by atoms with Gasteiger partial charge in [-0.1, -0.05) is 0 Å². The van der Waals surface area contributed by atoms with Crippen molar-refractivity contribution in [3.63, 3.8) is 0 Å². The second-order valence-electron chi connectivity index (χ2n) is 4.33. The Morgan fingerprint density at radius 3 is 2.72 bits per heavy atom. The van der Waals surface area contributed by atoms with E-state index < -0.39 is 35.4 Å². The van der Waals surface area contributed by atoms with Crippen molar-refractivity contribution in [2.24, 2.45) is 11.7 Å². The number of primary amides is 1. The van der Waals surface area contributed by atoms with Gasteiger partial charge in [-0.15, -0.1) is 0 Å². The number of halogens is 2. The second-order valence-corrected chi connectivity index (χ2v) is 4.33. The fraction of sp³-hybridized carbons (Fsp3) is 0.455. The molecule has 98 valence electrons. The first-order chi connectivity index (χ1) is 8.49. The molecular weight excluding hydrogens is 244 g/mol. The summed E-state index contributed by atoms with van der Waals surface area (Å²) in [7, 11) is 0. The molecule has 0 aliphatic heterocycles. The van der Waals surface area contributed by atoms with Gasteiger partial charge in [0.25, 0.3) is 5.91 Å². The van der Waals surface area contributed by atoms with Crippen molar-refractivity contribution in [2.45, 2.75) is 25.4 Å². The minimum Gasteiger partial charge on any atom is -0.364 e. The molecule has 1 aliphatic carbocycles. The molecule has 1 fully saturated rings. The first kappa shape index (κ1) is 12.5. The average Bonchev–Trinajstić information content (AvgIpc) is 2.85. The van der Waals surface area contributed by atoms with Gasteiger partial charge in [0.15, 0.2) is 11.5 Å². The smallest absolute Gasteiger partial charge is 0.270 e. The van der Waals surface area contributed by atoms with E-state index >= 15 is 0 Å². The summed E-state index contributed by atoms with van der Waals surface area (Å²) >= 11 is 0. The first-order valence-electron chi connectivity index (χ1n) is 5.60. The molecule has 2 amide bonds. The summed E-state index contributed by atoms with van der Waals surface area (Å²) in [4.78, 5) is 22.8. The molecule has 2 atom stereocenters. The molecule has 0 unspecified atom stereocenters. The van der Waals surface area contributed by atoms with Gasteiger partial charge in [-0.05, 0) is 25.3 Å². The maximum atomic E-state index is 13.2. The number of alkyl halides is 1. The fourth-order valence-electron chi connectivity index (χ4n) is 2.11. The number of nitrogens with two attached hydrogens (primary N) is 1. The zero-order valence-electron chi connectivity index (χ0n) is 9.53. The molecule has 1 aromatic rings. The van der Waals surface area contributed by atoms with Crippen molar-refractivity contribution in [3.8, 4) is 0 Å². The second kappa shape index (κ2) is 4.75. The zero-order valence-corrected chi connectivity index (χ0v) is 9.53. The maximum Gasteiger partial charge on any atom is 0.270 e. The number of aromatic nitrogens is 1. The van der Waals surface area contributed by atoms with Crippen molar-refractivity contribution in [2.75, 3.05) is 5.43 Å². The molecule has 0 bridgehead atoms. The molecular formula is C11H13F2N3O2. The van der Waals surface area contributed by atoms with Gasteiger partial charge in [0, 0.05) is 12.1 Å². The number of rotatable bonds is 3. The Bertz CT molecular complexity index is 487. The largest absolute Gasteiger partial charge is 0.364 e. The van der Waals surface area contributed by atoms with Crippen LogP contribution in [0, 0.1) is 11.7 Å². The standard InChI is InChI=1S/C11H13F2N3O2/c12-7-2-1-6(5-7)11(18)15-16-4-3-8(13)9(16)10(14)17/h3-4,6-7H,1-2,5H2,(H2,14,17)(H,15,18)/t6-,7+/m0/s1. The number of hydrogen-bond acceptors (Lipinski definition) is 2. The van der Waals surface area contributed by atoms with Gasteiger partial charge in [-0.2, -0.15) is 0 Å². The highest BCUT2D eigenvalue weighted by Gasteiger charge is 2.30. The molecule has 2 rings (SSSR count). The summed E-state index contributed by atoms with van der Waals surface area (Å²) in [5, 5.41) is 0. The van der Waals surface area contributed by atoms with Crippen molar-refractivity contribution in [1.29, 1.82) is 0 Å². The lowest BCUT2D eigenvalue weighted by Gasteiger charge is -2.12. The zero-order chi connectivity index (χ0) is 13.3. The van der Waals surface area contributed by atoms with E-state index in [4.69, 9.17) is 5.73 Å². The van der Waals surface area contributed by atoms with Gasteiger partial charge in [0.05, 0.1) is 0 Å². The lowest BCUT2D eigenvalue weighted by atomic mass is 10.1. The Morgan fingerprint density at radius 2 is 2.17 bits per heavy atom. The Labute approximate surface area is 102 Å². The topological polar surface area (TPSA) is 77.1 Å². The van der Waals surface area contributed by atoms with Crippen LogP contribution in [-0.2, 0) is 4.79 Å². The molecule has 3 N–H and O–H groups in total. The van der Waals surface area contributed by atoms with Crippen molar-refractivity contribution in [3.05, 3.63) is 23.8 Å². The molecule has 18 heavy (non-hydrogen) atoms. The van der Waals surface area contributed by atoms with Gasteiger partial charge >= 0.3 is 0 Å². The number of carbonyl (C=O) groups is 2. The van der Waals surface area contributed by atoms with Crippen LogP contribution in [0.2, 0.25) is 0 Å². The molecule has 1 aliphatic rings. The molecule has 0 radical (unpaired) electrons. The van der Waals surface area contributed by atoms with Gasteiger partial charge in [-0.25, -0.2) is 8.78 Å². The number of amides is 2. The number of carbonyl (C=O) groups excluding carboxylic acids is 2. The predicted octanol–water partition coefficient (Wildman–Crippen LogP) is 0.934. The summed E-state index contributed by atoms with van der Waals surface area (Å²) in [5.41, 5.74) is 6.93. The van der Waals surface area contributed by atoms with E-state index in [0.29, 0.717) is 12.8 Å². The van der Waals surface area contributed by atoms with Crippen LogP contribution in [-0.4, -0.2) is 22.7 Å². The van der Waals surface area contributed by atoms with Gasteiger partial charge in [-0.3, -0.25) is 19.7 Å². The minimum absolute atomic E-state index is 0.154. The average molecular weight is 257 g/mol. The monoisotopic (exact) mass is 257 g/mol. The molecule has 1 aromatic heterocycles. The van der Waals surface area contributed by atoms with Crippen LogP contribution in [0.3, 0.4) is 0 Å². The molecule has 1 heterocycles. The van der Waals surface area contributed by atoms with E-state index in [2.05, 4.69) is 5.43 Å². The highest BCUT2D eigenvalue weighted by atomic mass is 19.1. The van der Waals surface area contributed by atoms with Gasteiger partial charge in [0.2, 0.25) is 5.91 Å². The van der Waals surface area contributed by atoms with Crippen LogP contribution >= 0.6 is 0 Å². The normalized spacial score (nSPS) is 23.0. The quantitative estimate of drug-likeness (QED) is 0.845. The van der Waals surface area contributed by atoms with E-state index in [1.165, 1.54) is 6.20 Å². The lowest BCUT2D eigenvalue weighted by molar-refractivity contribution is -0.120. The highest BCUT2D eigenvalue weighted by Crippen LogP contribution is 2.28. The van der Waals surface area contributed by atoms with Crippen molar-refractivity contribution < 1.29 is 18.4 Å². The van der Waals surface area contributed by atoms with Crippen LogP contribution in [0.5, 0.6) is 0 Å². The number of hydrogen-bond donors (Lipinski definition) is 2. The van der Waals surface area contributed by atoms with Gasteiger partial charge < -0.3 is 5.73 Å². The molecule has 7 heteroatoms. The summed E-state index contributed by atoms with van der Waals surface area (Å²) in [6.07, 6.45) is 1.16. The third-order valence-electron chi connectivity index (χ3n) is 3.04. The maximum absolute atomic E-state index is 13.2. The van der Waals surface area contributed by atoms with Crippen LogP contribution < -0.4 is 11.2 Å². The molecule has 1 saturated carbocycles. The van der Waals surface area contributed by atoms with Crippen molar-refractivity contribution in [1.82, 2.24) is 4.68 Å². The third kappa shape index (κ3) is 2.34. The third-order valence-corrected chi connectivity index (χ3v) is 3.04. The fourth-order valence-corrected chi connectivity index (χ4v) is 2.11. The molecule has 0 saturated heterocycles. The summed E-state index contributed by atoms with van der Waals surface area (Å²) in [6, 6.07) is 1.02. The van der Waals surface area contributed by atoms with E-state index in [1.54, 1.807) is 0 Å². The Morgan fingerprint density at radius 1 is 1.44 bits per heavy atom. The lowest BCUT2D eigenvalue weighted by Crippen LogP contribution is -2.31. The Hall–Kier alpha value is -1.92. The molecule has 0 spiro atoms. The highest BCUT2D eigenvalue weighted by molar-refractivity contribution is 5.93. The van der Waals surface area contributed by atoms with Crippen LogP contribution in [0.25, 0.3) is 0 Å². The minimum atomic E-state index is -0.979. The predicted molar refractivity (Wildman–Crippen MR) is 59.5 cm³/mol. The van der Waals surface area contributed by atoms with Crippen LogP contribution in [0.1, 0.15) is 29.8 Å². The van der Waals surface area contributed by atoms with E-state index in [0.717, 1.165) is 10.7 Å².